The van der Waals surface area contributed by atoms with Crippen molar-refractivity contribution in [1.29, 1.82) is 0 Å². The van der Waals surface area contributed by atoms with Crippen LogP contribution in [-0.2, 0) is 11.0 Å². The van der Waals surface area contributed by atoms with Gasteiger partial charge in [-0.1, -0.05) is 12.1 Å². The second-order valence-electron chi connectivity index (χ2n) is 5.87. The number of carbonyl (C=O) groups is 2. The monoisotopic (exact) mass is 436 g/mol. The van der Waals surface area contributed by atoms with Crippen LogP contribution < -0.4 is 10.6 Å². The molecule has 0 radical (unpaired) electrons. The number of benzene rings is 2. The van der Waals surface area contributed by atoms with Gasteiger partial charge < -0.3 is 10.6 Å². The van der Waals surface area contributed by atoms with Crippen molar-refractivity contribution in [2.45, 2.75) is 11.1 Å². The number of halogens is 3. The van der Waals surface area contributed by atoms with Crippen molar-refractivity contribution in [2.24, 2.45) is 0 Å². The normalized spacial score (nSPS) is 11.1. The molecule has 0 aliphatic heterocycles. The highest BCUT2D eigenvalue weighted by Crippen LogP contribution is 2.30. The summed E-state index contributed by atoms with van der Waals surface area (Å²) in [5, 5.41) is 7.06. The van der Waals surface area contributed by atoms with E-state index >= 15 is 0 Å². The topological polar surface area (TPSA) is 58.2 Å². The van der Waals surface area contributed by atoms with E-state index in [2.05, 4.69) is 10.6 Å². The maximum Gasteiger partial charge on any atom is 0.416 e. The van der Waals surface area contributed by atoms with Gasteiger partial charge in [0.2, 0.25) is 5.91 Å². The number of rotatable bonds is 6. The third kappa shape index (κ3) is 6.10. The van der Waals surface area contributed by atoms with E-state index in [9.17, 15) is 22.8 Å². The Morgan fingerprint density at radius 1 is 0.931 bits per heavy atom. The Bertz CT molecular complexity index is 988. The van der Waals surface area contributed by atoms with Gasteiger partial charge in [-0.15, -0.1) is 23.1 Å². The Morgan fingerprint density at radius 2 is 1.69 bits per heavy atom. The predicted octanol–water partition coefficient (Wildman–Crippen LogP) is 5.75. The maximum atomic E-state index is 12.7. The summed E-state index contributed by atoms with van der Waals surface area (Å²) in [5.74, 6) is -0.567. The van der Waals surface area contributed by atoms with E-state index in [1.807, 2.05) is 5.38 Å². The molecule has 29 heavy (non-hydrogen) atoms. The Morgan fingerprint density at radius 3 is 2.34 bits per heavy atom. The van der Waals surface area contributed by atoms with Crippen LogP contribution in [0.2, 0.25) is 0 Å². The minimum atomic E-state index is -4.46. The number of anilines is 2. The molecule has 0 aliphatic carbocycles. The zero-order valence-electron chi connectivity index (χ0n) is 14.8. The van der Waals surface area contributed by atoms with Crippen LogP contribution in [0.1, 0.15) is 15.2 Å². The Labute approximate surface area is 173 Å². The van der Waals surface area contributed by atoms with Crippen molar-refractivity contribution in [3.63, 3.8) is 0 Å². The van der Waals surface area contributed by atoms with E-state index in [-0.39, 0.29) is 17.3 Å². The lowest BCUT2D eigenvalue weighted by Gasteiger charge is -2.10. The number of carbonyl (C=O) groups excluding carboxylic acids is 2. The molecule has 2 amide bonds. The number of thiophene rings is 1. The van der Waals surface area contributed by atoms with Gasteiger partial charge in [0.25, 0.3) is 5.91 Å². The molecule has 0 saturated heterocycles. The van der Waals surface area contributed by atoms with Crippen LogP contribution in [-0.4, -0.2) is 17.6 Å². The minimum absolute atomic E-state index is 0.0388. The number of hydrogen-bond acceptors (Lipinski definition) is 4. The summed E-state index contributed by atoms with van der Waals surface area (Å²) >= 11 is 2.58. The van der Waals surface area contributed by atoms with Crippen LogP contribution >= 0.6 is 23.1 Å². The molecule has 150 valence electrons. The van der Waals surface area contributed by atoms with Gasteiger partial charge >= 0.3 is 6.18 Å². The summed E-state index contributed by atoms with van der Waals surface area (Å²) < 4.78 is 38.2. The van der Waals surface area contributed by atoms with Crippen molar-refractivity contribution in [3.8, 4) is 0 Å². The number of amides is 2. The molecule has 0 spiro atoms. The van der Waals surface area contributed by atoms with Crippen molar-refractivity contribution in [2.75, 3.05) is 16.4 Å². The Hall–Kier alpha value is -2.78. The molecule has 1 heterocycles. The molecule has 3 aromatic rings. The quantitative estimate of drug-likeness (QED) is 0.484. The number of hydrogen-bond donors (Lipinski definition) is 2. The summed E-state index contributed by atoms with van der Waals surface area (Å²) in [6, 6.07) is 15.0. The maximum absolute atomic E-state index is 12.7. The zero-order chi connectivity index (χ0) is 20.9. The third-order valence-corrected chi connectivity index (χ3v) is 5.58. The number of alkyl halides is 3. The van der Waals surface area contributed by atoms with Gasteiger partial charge in [0.05, 0.1) is 16.2 Å². The highest BCUT2D eigenvalue weighted by molar-refractivity contribution is 8.00. The van der Waals surface area contributed by atoms with E-state index in [4.69, 9.17) is 0 Å². The first kappa shape index (κ1) is 20.9. The average Bonchev–Trinajstić information content (AvgIpc) is 3.22. The lowest BCUT2D eigenvalue weighted by Crippen LogP contribution is -2.15. The third-order valence-electron chi connectivity index (χ3n) is 3.70. The minimum Gasteiger partial charge on any atom is -0.325 e. The molecule has 0 aliphatic rings. The Kier molecular flexibility index (Phi) is 6.60. The van der Waals surface area contributed by atoms with Crippen LogP contribution in [0.3, 0.4) is 0 Å². The molecular weight excluding hydrogens is 421 g/mol. The van der Waals surface area contributed by atoms with Crippen LogP contribution in [0.25, 0.3) is 0 Å². The molecular formula is C20H15F3N2O2S2. The van der Waals surface area contributed by atoms with Crippen molar-refractivity contribution in [1.82, 2.24) is 0 Å². The van der Waals surface area contributed by atoms with Gasteiger partial charge in [0.1, 0.15) is 0 Å². The van der Waals surface area contributed by atoms with Crippen LogP contribution in [0.15, 0.2) is 70.9 Å². The predicted molar refractivity (Wildman–Crippen MR) is 110 cm³/mol. The molecule has 0 saturated carbocycles. The second-order valence-corrected chi connectivity index (χ2v) is 7.87. The fourth-order valence-corrected chi connectivity index (χ4v) is 3.67. The van der Waals surface area contributed by atoms with Crippen molar-refractivity contribution >= 4 is 46.3 Å². The highest BCUT2D eigenvalue weighted by Gasteiger charge is 2.30. The standard InChI is InChI=1S/C20H15F3N2O2S2/c21-20(22,23)13-3-1-4-15(11-13)24-18(26)12-29-16-8-6-14(7-9-16)25-19(27)17-5-2-10-28-17/h1-11H,12H2,(H,24,26)(H,25,27). The molecule has 0 unspecified atom stereocenters. The van der Waals surface area contributed by atoms with E-state index in [1.165, 1.54) is 35.2 Å². The lowest BCUT2D eigenvalue weighted by molar-refractivity contribution is -0.137. The van der Waals surface area contributed by atoms with Gasteiger partial charge in [-0.2, -0.15) is 13.2 Å². The summed E-state index contributed by atoms with van der Waals surface area (Å²) in [5.41, 5.74) is -0.0960. The van der Waals surface area contributed by atoms with Gasteiger partial charge in [0, 0.05) is 16.3 Å². The summed E-state index contributed by atoms with van der Waals surface area (Å²) in [4.78, 5) is 25.4. The molecule has 1 aromatic heterocycles. The van der Waals surface area contributed by atoms with Crippen LogP contribution in [0, 0.1) is 0 Å². The molecule has 0 fully saturated rings. The highest BCUT2D eigenvalue weighted by atomic mass is 32.2. The summed E-state index contributed by atoms with van der Waals surface area (Å²) in [7, 11) is 0. The fraction of sp³-hybridized carbons (Fsp3) is 0.100. The molecule has 0 atom stereocenters. The molecule has 0 bridgehead atoms. The first-order chi connectivity index (χ1) is 13.8. The van der Waals surface area contributed by atoms with Gasteiger partial charge in [0.15, 0.2) is 0 Å². The second kappa shape index (κ2) is 9.15. The van der Waals surface area contributed by atoms with Gasteiger partial charge in [-0.3, -0.25) is 9.59 Å². The summed E-state index contributed by atoms with van der Waals surface area (Å²) in [6.45, 7) is 0. The number of nitrogens with one attached hydrogen (secondary N) is 2. The average molecular weight is 436 g/mol. The van der Waals surface area contributed by atoms with Gasteiger partial charge in [-0.05, 0) is 53.9 Å². The molecule has 4 nitrogen and oxygen atoms in total. The largest absolute Gasteiger partial charge is 0.416 e. The number of thioether (sulfide) groups is 1. The first-order valence-corrected chi connectivity index (χ1v) is 10.2. The SMILES string of the molecule is O=C(CSc1ccc(NC(=O)c2cccs2)cc1)Nc1cccc(C(F)(F)F)c1. The smallest absolute Gasteiger partial charge is 0.325 e. The van der Waals surface area contributed by atoms with E-state index < -0.39 is 17.6 Å². The van der Waals surface area contributed by atoms with E-state index in [0.717, 1.165) is 17.0 Å². The molecule has 2 aromatic carbocycles. The molecule has 3 rings (SSSR count). The lowest BCUT2D eigenvalue weighted by atomic mass is 10.2. The molecule has 9 heteroatoms. The van der Waals surface area contributed by atoms with E-state index in [0.29, 0.717) is 10.6 Å². The Balaban J connectivity index is 1.51. The van der Waals surface area contributed by atoms with Crippen LogP contribution in [0.4, 0.5) is 24.5 Å². The first-order valence-electron chi connectivity index (χ1n) is 8.36. The van der Waals surface area contributed by atoms with E-state index in [1.54, 1.807) is 36.4 Å². The van der Waals surface area contributed by atoms with Gasteiger partial charge in [-0.25, -0.2) is 0 Å². The van der Waals surface area contributed by atoms with Crippen molar-refractivity contribution < 1.29 is 22.8 Å². The van der Waals surface area contributed by atoms with Crippen LogP contribution in [0.5, 0.6) is 0 Å². The molecule has 2 N–H and O–H groups in total. The van der Waals surface area contributed by atoms with Crippen molar-refractivity contribution in [3.05, 3.63) is 76.5 Å². The summed E-state index contributed by atoms with van der Waals surface area (Å²) in [6.07, 6.45) is -4.46. The fourth-order valence-electron chi connectivity index (χ4n) is 2.35. The zero-order valence-corrected chi connectivity index (χ0v) is 16.5.